The van der Waals surface area contributed by atoms with Crippen molar-refractivity contribution in [1.82, 2.24) is 0 Å². The summed E-state index contributed by atoms with van der Waals surface area (Å²) in [5.74, 6) is -0.213. The van der Waals surface area contributed by atoms with Crippen molar-refractivity contribution in [2.45, 2.75) is 39.5 Å². The average molecular weight is 437 g/mol. The molecule has 8 nitrogen and oxygen atoms in total. The van der Waals surface area contributed by atoms with Crippen LogP contribution in [0.5, 0.6) is 0 Å². The van der Waals surface area contributed by atoms with Crippen molar-refractivity contribution < 1.29 is 18.6 Å². The van der Waals surface area contributed by atoms with E-state index in [1.165, 1.54) is 0 Å². The Morgan fingerprint density at radius 3 is 2.73 bits per heavy atom. The van der Waals surface area contributed by atoms with Crippen LogP contribution in [0.25, 0.3) is 0 Å². The third kappa shape index (κ3) is 4.69. The van der Waals surface area contributed by atoms with E-state index in [4.69, 9.17) is 10.5 Å². The quantitative estimate of drug-likeness (QED) is 0.413. The number of hydrogen-bond donors (Lipinski definition) is 5. The fourth-order valence-electron chi connectivity index (χ4n) is 3.85. The highest BCUT2D eigenvalue weighted by Crippen LogP contribution is 2.54. The van der Waals surface area contributed by atoms with Gasteiger partial charge in [0, 0.05) is 24.4 Å². The molecule has 0 unspecified atom stereocenters. The number of ether oxygens (including phenoxy) is 1. The van der Waals surface area contributed by atoms with E-state index in [1.807, 2.05) is 26.0 Å². The lowest BCUT2D eigenvalue weighted by atomic mass is 9.96. The molecule has 1 amide bonds. The Bertz CT molecular complexity index is 854. The Labute approximate surface area is 179 Å². The number of rotatable bonds is 8. The van der Waals surface area contributed by atoms with Crippen LogP contribution < -0.4 is 20.7 Å². The van der Waals surface area contributed by atoms with Gasteiger partial charge in [-0.1, -0.05) is 13.3 Å². The molecule has 9 heteroatoms. The number of benzene rings is 1. The second-order valence-electron chi connectivity index (χ2n) is 7.38. The van der Waals surface area contributed by atoms with E-state index < -0.39 is 16.7 Å². The molecule has 0 saturated carbocycles. The molecule has 1 aromatic rings. The van der Waals surface area contributed by atoms with E-state index in [-0.39, 0.29) is 0 Å². The van der Waals surface area contributed by atoms with Crippen molar-refractivity contribution >= 4 is 33.7 Å². The summed E-state index contributed by atoms with van der Waals surface area (Å²) in [6.07, 6.45) is 8.33. The van der Waals surface area contributed by atoms with Gasteiger partial charge in [0.2, 0.25) is 5.91 Å². The molecular weight excluding hydrogens is 404 g/mol. The van der Waals surface area contributed by atoms with E-state index in [0.29, 0.717) is 54.5 Å². The Hall–Kier alpha value is -2.36. The fraction of sp³-hybridized carbons (Fsp3) is 0.476. The molecule has 0 spiro atoms. The number of anilines is 3. The van der Waals surface area contributed by atoms with Crippen LogP contribution >= 0.6 is 10.8 Å². The zero-order valence-corrected chi connectivity index (χ0v) is 18.4. The first-order chi connectivity index (χ1) is 14.4. The van der Waals surface area contributed by atoms with Crippen LogP contribution in [0.4, 0.5) is 17.1 Å². The average Bonchev–Trinajstić information content (AvgIpc) is 2.71. The molecule has 0 radical (unpaired) electrons. The number of primary amides is 1. The van der Waals surface area contributed by atoms with Crippen molar-refractivity contribution in [3.8, 4) is 0 Å². The number of allylic oxidation sites excluding steroid dienone is 1. The van der Waals surface area contributed by atoms with Gasteiger partial charge in [-0.3, -0.25) is 18.2 Å². The zero-order valence-electron chi connectivity index (χ0n) is 17.6. The molecular formula is C21H32N4O4S. The molecule has 1 aromatic carbocycles. The van der Waals surface area contributed by atoms with Gasteiger partial charge in [-0.2, -0.15) is 0 Å². The maximum absolute atomic E-state index is 12.3. The molecule has 166 valence electrons. The number of nitrogens with zero attached hydrogens (tertiary/aromatic N) is 1. The van der Waals surface area contributed by atoms with Gasteiger partial charge < -0.3 is 21.1 Å². The molecule has 0 atom stereocenters. The maximum Gasteiger partial charge on any atom is 0.249 e. The minimum Gasteiger partial charge on any atom is -0.497 e. The SMILES string of the molecule is CCCc1c(C(N)=O)cc(NCC)c(NC2=CCOC=C2)c1N1CCCCS1(O)O. The second kappa shape index (κ2) is 9.63. The first-order valence-electron chi connectivity index (χ1n) is 10.4. The molecule has 0 aliphatic carbocycles. The van der Waals surface area contributed by atoms with Gasteiger partial charge in [-0.25, -0.2) is 0 Å². The fourth-order valence-corrected chi connectivity index (χ4v) is 5.58. The monoisotopic (exact) mass is 436 g/mol. The van der Waals surface area contributed by atoms with Gasteiger partial charge in [0.25, 0.3) is 0 Å². The Morgan fingerprint density at radius 2 is 2.13 bits per heavy atom. The number of nitrogens with two attached hydrogens (primary N) is 1. The van der Waals surface area contributed by atoms with Gasteiger partial charge >= 0.3 is 0 Å². The highest BCUT2D eigenvalue weighted by atomic mass is 32.3. The molecule has 2 aliphatic heterocycles. The summed E-state index contributed by atoms with van der Waals surface area (Å²) < 4.78 is 28.8. The van der Waals surface area contributed by atoms with Crippen molar-refractivity contribution in [3.05, 3.63) is 41.3 Å². The Balaban J connectivity index is 2.27. The topological polar surface area (TPSA) is 120 Å². The van der Waals surface area contributed by atoms with Crippen molar-refractivity contribution in [2.75, 3.05) is 40.4 Å². The number of carbonyl (C=O) groups excluding carboxylic acids is 1. The molecule has 0 aromatic heterocycles. The van der Waals surface area contributed by atoms with Gasteiger partial charge in [0.1, 0.15) is 6.61 Å². The molecule has 1 saturated heterocycles. The summed E-state index contributed by atoms with van der Waals surface area (Å²) in [6, 6.07) is 1.77. The minimum absolute atomic E-state index is 0.311. The number of carbonyl (C=O) groups is 1. The van der Waals surface area contributed by atoms with Gasteiger partial charge in [0.05, 0.1) is 29.1 Å². The minimum atomic E-state index is -3.00. The van der Waals surface area contributed by atoms with Crippen LogP contribution in [-0.2, 0) is 11.2 Å². The third-order valence-corrected chi connectivity index (χ3v) is 7.09. The van der Waals surface area contributed by atoms with Crippen LogP contribution in [0.3, 0.4) is 0 Å². The number of hydrogen-bond acceptors (Lipinski definition) is 7. The summed E-state index contributed by atoms with van der Waals surface area (Å²) in [5, 5.41) is 6.74. The van der Waals surface area contributed by atoms with Crippen molar-refractivity contribution in [2.24, 2.45) is 5.73 Å². The van der Waals surface area contributed by atoms with Crippen LogP contribution in [0, 0.1) is 0 Å². The van der Waals surface area contributed by atoms with Gasteiger partial charge in [0.15, 0.2) is 0 Å². The Kier molecular flexibility index (Phi) is 7.17. The standard InChI is InChI=1S/C21H32N4O4S/c1-3-7-16-17(21(22)26)14-18(23-4-2)19(24-15-8-11-29-12-9-15)20(16)25-10-5-6-13-30(25,27)28/h8-9,11,14,23-24,27-28H,3-7,10,12-13H2,1-2H3,(H2,22,26). The summed E-state index contributed by atoms with van der Waals surface area (Å²) in [5.41, 5.74) is 9.79. The predicted molar refractivity (Wildman–Crippen MR) is 124 cm³/mol. The largest absolute Gasteiger partial charge is 0.497 e. The second-order valence-corrected chi connectivity index (χ2v) is 9.50. The number of amides is 1. The summed E-state index contributed by atoms with van der Waals surface area (Å²) in [7, 11) is -3.00. The zero-order chi connectivity index (χ0) is 21.7. The summed E-state index contributed by atoms with van der Waals surface area (Å²) in [4.78, 5) is 12.3. The first kappa shape index (κ1) is 22.3. The summed E-state index contributed by atoms with van der Waals surface area (Å²) >= 11 is 0. The molecule has 3 rings (SSSR count). The van der Waals surface area contributed by atoms with E-state index in [1.54, 1.807) is 16.6 Å². The highest BCUT2D eigenvalue weighted by Gasteiger charge is 2.33. The Morgan fingerprint density at radius 1 is 1.33 bits per heavy atom. The van der Waals surface area contributed by atoms with Crippen LogP contribution in [-0.4, -0.2) is 40.5 Å². The van der Waals surface area contributed by atoms with Crippen LogP contribution in [0.15, 0.2) is 30.2 Å². The summed E-state index contributed by atoms with van der Waals surface area (Å²) in [6.45, 7) is 5.57. The molecule has 30 heavy (non-hydrogen) atoms. The van der Waals surface area contributed by atoms with Crippen molar-refractivity contribution in [1.29, 1.82) is 0 Å². The number of nitrogens with one attached hydrogen (secondary N) is 2. The van der Waals surface area contributed by atoms with E-state index >= 15 is 0 Å². The van der Waals surface area contributed by atoms with E-state index in [0.717, 1.165) is 30.5 Å². The highest BCUT2D eigenvalue weighted by molar-refractivity contribution is 8.25. The normalized spacial score (nSPS) is 18.9. The maximum atomic E-state index is 12.3. The lowest BCUT2D eigenvalue weighted by Gasteiger charge is -2.49. The molecule has 2 aliphatic rings. The molecule has 6 N–H and O–H groups in total. The smallest absolute Gasteiger partial charge is 0.249 e. The van der Waals surface area contributed by atoms with Crippen molar-refractivity contribution in [3.63, 3.8) is 0 Å². The molecule has 1 fully saturated rings. The van der Waals surface area contributed by atoms with Gasteiger partial charge in [-0.15, -0.1) is 10.8 Å². The van der Waals surface area contributed by atoms with E-state index in [2.05, 4.69) is 10.6 Å². The van der Waals surface area contributed by atoms with Gasteiger partial charge in [-0.05, 0) is 50.0 Å². The lowest BCUT2D eigenvalue weighted by Crippen LogP contribution is -2.36. The van der Waals surface area contributed by atoms with E-state index in [9.17, 15) is 13.9 Å². The van der Waals surface area contributed by atoms with Crippen LogP contribution in [0.2, 0.25) is 0 Å². The predicted octanol–water partition coefficient (Wildman–Crippen LogP) is 4.28. The molecule has 0 bridgehead atoms. The third-order valence-electron chi connectivity index (χ3n) is 5.18. The van der Waals surface area contributed by atoms with Crippen LogP contribution in [0.1, 0.15) is 49.0 Å². The lowest BCUT2D eigenvalue weighted by molar-refractivity contribution is 0.0999. The molecule has 2 heterocycles. The first-order valence-corrected chi connectivity index (χ1v) is 12.1.